The monoisotopic (exact) mass is 465 g/mol. The van der Waals surface area contributed by atoms with E-state index >= 15 is 0 Å². The Hall–Kier alpha value is -4.43. The minimum Gasteiger partial charge on any atom is -0.399 e. The summed E-state index contributed by atoms with van der Waals surface area (Å²) in [4.78, 5) is 10.0. The zero-order valence-corrected chi connectivity index (χ0v) is 20.0. The van der Waals surface area contributed by atoms with Crippen LogP contribution in [-0.2, 0) is 0 Å². The highest BCUT2D eigenvalue weighted by Gasteiger charge is 2.31. The van der Waals surface area contributed by atoms with Crippen LogP contribution in [0.5, 0.6) is 0 Å². The van der Waals surface area contributed by atoms with E-state index in [1.54, 1.807) is 23.3 Å². The standard InChI is InChI=1S/C16H11N.C11H10.C7H6O/c17-14-8-12-6-4-10-2-1-3-11-5-7-13(9-14)16(12)15(10)11;1-2-4-11-9-6-5-8(7-9)10(11)3-1;8-6-7-4-2-1-3-5-7/h1-9H,17H2;1-6,8-9H,7H2;1-6H. The lowest BCUT2D eigenvalue weighted by Crippen LogP contribution is -1.90. The van der Waals surface area contributed by atoms with Crippen LogP contribution in [0.3, 0.4) is 0 Å². The van der Waals surface area contributed by atoms with E-state index < -0.39 is 0 Å². The van der Waals surface area contributed by atoms with Crippen molar-refractivity contribution in [2.45, 2.75) is 18.3 Å². The van der Waals surface area contributed by atoms with E-state index in [1.165, 1.54) is 38.7 Å². The van der Waals surface area contributed by atoms with Gasteiger partial charge in [0.2, 0.25) is 0 Å². The quantitative estimate of drug-likeness (QED) is 0.114. The molecule has 174 valence electrons. The van der Waals surface area contributed by atoms with Crippen LogP contribution in [0.1, 0.15) is 39.7 Å². The van der Waals surface area contributed by atoms with Gasteiger partial charge in [-0.3, -0.25) is 4.79 Å². The molecule has 0 aromatic heterocycles. The predicted molar refractivity (Wildman–Crippen MR) is 152 cm³/mol. The predicted octanol–water partition coefficient (Wildman–Crippen LogP) is 8.49. The van der Waals surface area contributed by atoms with Gasteiger partial charge in [-0.1, -0.05) is 109 Å². The van der Waals surface area contributed by atoms with E-state index in [0.717, 1.165) is 29.4 Å². The van der Waals surface area contributed by atoms with Crippen molar-refractivity contribution in [2.75, 3.05) is 5.73 Å². The zero-order chi connectivity index (χ0) is 24.5. The van der Waals surface area contributed by atoms with Gasteiger partial charge in [0, 0.05) is 23.1 Å². The molecule has 2 atom stereocenters. The number of nitrogen functional groups attached to an aromatic ring is 1. The van der Waals surface area contributed by atoms with Crippen molar-refractivity contribution < 1.29 is 4.79 Å². The summed E-state index contributed by atoms with van der Waals surface area (Å²) >= 11 is 0. The average Bonchev–Trinajstić information content (AvgIpc) is 3.56. The number of allylic oxidation sites excluding steroid dienone is 2. The van der Waals surface area contributed by atoms with Crippen molar-refractivity contribution in [3.8, 4) is 0 Å². The minimum absolute atomic E-state index is 0.729. The number of rotatable bonds is 1. The summed E-state index contributed by atoms with van der Waals surface area (Å²) in [5.74, 6) is 1.49. The molecule has 36 heavy (non-hydrogen) atoms. The lowest BCUT2D eigenvalue weighted by molar-refractivity contribution is 0.112. The second-order valence-corrected chi connectivity index (χ2v) is 9.54. The Morgan fingerprint density at radius 1 is 0.583 bits per heavy atom. The number of anilines is 1. The van der Waals surface area contributed by atoms with E-state index in [2.05, 4.69) is 78.9 Å². The molecule has 0 fully saturated rings. The number of fused-ring (bicyclic) bond motifs is 5. The maximum atomic E-state index is 10.0. The molecule has 0 saturated carbocycles. The van der Waals surface area contributed by atoms with E-state index in [-0.39, 0.29) is 0 Å². The molecule has 0 spiro atoms. The molecule has 0 saturated heterocycles. The molecule has 6 aromatic carbocycles. The van der Waals surface area contributed by atoms with Crippen LogP contribution >= 0.6 is 0 Å². The number of aldehydes is 1. The van der Waals surface area contributed by atoms with Gasteiger partial charge < -0.3 is 5.73 Å². The van der Waals surface area contributed by atoms with Gasteiger partial charge in [-0.25, -0.2) is 0 Å². The maximum Gasteiger partial charge on any atom is 0.150 e. The molecule has 2 heteroatoms. The third-order valence-corrected chi connectivity index (χ3v) is 7.30. The highest BCUT2D eigenvalue weighted by atomic mass is 16.1. The van der Waals surface area contributed by atoms with Crippen molar-refractivity contribution in [1.82, 2.24) is 0 Å². The summed E-state index contributed by atoms with van der Waals surface area (Å²) in [6, 6.07) is 37.1. The van der Waals surface area contributed by atoms with Crippen molar-refractivity contribution in [1.29, 1.82) is 0 Å². The number of nitrogens with two attached hydrogens (primary N) is 1. The molecule has 2 aliphatic carbocycles. The number of carbonyl (C=O) groups is 1. The summed E-state index contributed by atoms with van der Waals surface area (Å²) in [6.45, 7) is 0. The van der Waals surface area contributed by atoms with Gasteiger partial charge in [0.05, 0.1) is 0 Å². The fourth-order valence-corrected chi connectivity index (χ4v) is 5.66. The fourth-order valence-electron chi connectivity index (χ4n) is 5.66. The lowest BCUT2D eigenvalue weighted by Gasteiger charge is -2.10. The van der Waals surface area contributed by atoms with Crippen molar-refractivity contribution in [3.05, 3.63) is 138 Å². The first-order chi connectivity index (χ1) is 17.7. The smallest absolute Gasteiger partial charge is 0.150 e. The second-order valence-electron chi connectivity index (χ2n) is 9.54. The van der Waals surface area contributed by atoms with E-state index in [9.17, 15) is 4.79 Å². The SMILES string of the molecule is C1=CC2CC1c1ccccc12.Nc1cc2ccc3cccc4ccc(c1)c2c34.O=Cc1ccccc1. The molecular formula is C34H27NO. The van der Waals surface area contributed by atoms with Gasteiger partial charge in [-0.2, -0.15) is 0 Å². The average molecular weight is 466 g/mol. The van der Waals surface area contributed by atoms with Crippen LogP contribution in [0.4, 0.5) is 5.69 Å². The second kappa shape index (κ2) is 9.31. The van der Waals surface area contributed by atoms with E-state index in [1.807, 2.05) is 30.3 Å². The molecule has 0 amide bonds. The van der Waals surface area contributed by atoms with Crippen LogP contribution in [0, 0.1) is 0 Å². The van der Waals surface area contributed by atoms with E-state index in [4.69, 9.17) is 5.73 Å². The van der Waals surface area contributed by atoms with Gasteiger partial charge in [0.1, 0.15) is 6.29 Å². The first-order valence-electron chi connectivity index (χ1n) is 12.4. The fraction of sp³-hybridized carbons (Fsp3) is 0.0882. The molecular weight excluding hydrogens is 438 g/mol. The summed E-state index contributed by atoms with van der Waals surface area (Å²) in [5.41, 5.74) is 10.6. The zero-order valence-electron chi connectivity index (χ0n) is 20.0. The maximum absolute atomic E-state index is 10.0. The Balaban J connectivity index is 0.000000109. The van der Waals surface area contributed by atoms with Crippen LogP contribution in [0.2, 0.25) is 0 Å². The van der Waals surface area contributed by atoms with Crippen LogP contribution in [0.15, 0.2) is 121 Å². The van der Waals surface area contributed by atoms with Crippen LogP contribution < -0.4 is 5.73 Å². The first-order valence-corrected chi connectivity index (χ1v) is 12.4. The summed E-state index contributed by atoms with van der Waals surface area (Å²) < 4.78 is 0. The molecule has 6 aromatic rings. The summed E-state index contributed by atoms with van der Waals surface area (Å²) in [6.07, 6.45) is 6.87. The van der Waals surface area contributed by atoms with Crippen molar-refractivity contribution in [3.63, 3.8) is 0 Å². The third kappa shape index (κ3) is 4.01. The Morgan fingerprint density at radius 3 is 1.61 bits per heavy atom. The number of benzene rings is 6. The molecule has 0 aliphatic heterocycles. The lowest BCUT2D eigenvalue weighted by atomic mass is 9.94. The Labute approximate surface area is 211 Å². The molecule has 2 aliphatic rings. The Bertz CT molecular complexity index is 1600. The Morgan fingerprint density at radius 2 is 1.08 bits per heavy atom. The van der Waals surface area contributed by atoms with Crippen LogP contribution in [0.25, 0.3) is 32.3 Å². The molecule has 8 rings (SSSR count). The molecule has 0 radical (unpaired) electrons. The van der Waals surface area contributed by atoms with Gasteiger partial charge in [-0.05, 0) is 62.0 Å². The van der Waals surface area contributed by atoms with Gasteiger partial charge in [0.25, 0.3) is 0 Å². The molecule has 2 N–H and O–H groups in total. The molecule has 2 unspecified atom stereocenters. The summed E-state index contributed by atoms with van der Waals surface area (Å²) in [7, 11) is 0. The minimum atomic E-state index is 0.729. The topological polar surface area (TPSA) is 43.1 Å². The van der Waals surface area contributed by atoms with Crippen molar-refractivity contribution >= 4 is 44.3 Å². The number of hydrogen-bond donors (Lipinski definition) is 1. The van der Waals surface area contributed by atoms with Gasteiger partial charge >= 0.3 is 0 Å². The highest BCUT2D eigenvalue weighted by Crippen LogP contribution is 2.47. The van der Waals surface area contributed by atoms with Gasteiger partial charge in [-0.15, -0.1) is 0 Å². The first kappa shape index (κ1) is 22.1. The number of hydrogen-bond acceptors (Lipinski definition) is 2. The molecule has 2 bridgehead atoms. The normalized spacial score (nSPS) is 16.9. The highest BCUT2D eigenvalue weighted by molar-refractivity contribution is 6.23. The van der Waals surface area contributed by atoms with Crippen LogP contribution in [-0.4, -0.2) is 6.29 Å². The van der Waals surface area contributed by atoms with Gasteiger partial charge in [0.15, 0.2) is 0 Å². The van der Waals surface area contributed by atoms with Crippen molar-refractivity contribution in [2.24, 2.45) is 0 Å². The Kier molecular flexibility index (Phi) is 5.71. The molecule has 2 nitrogen and oxygen atoms in total. The third-order valence-electron chi connectivity index (χ3n) is 7.30. The largest absolute Gasteiger partial charge is 0.399 e. The molecule has 0 heterocycles. The van der Waals surface area contributed by atoms with E-state index in [0.29, 0.717) is 0 Å². The number of carbonyl (C=O) groups excluding carboxylic acids is 1. The summed E-state index contributed by atoms with van der Waals surface area (Å²) in [5, 5.41) is 7.72.